The molecule has 0 radical (unpaired) electrons. The molecule has 0 saturated heterocycles. The van der Waals surface area contributed by atoms with Crippen LogP contribution in [0.25, 0.3) is 21.8 Å². The molecule has 2 saturated carbocycles. The summed E-state index contributed by atoms with van der Waals surface area (Å²) in [6.07, 6.45) is 18.7. The smallest absolute Gasteiger partial charge is 0.361 e. The van der Waals surface area contributed by atoms with Gasteiger partial charge in [0.1, 0.15) is 33.7 Å². The van der Waals surface area contributed by atoms with Crippen molar-refractivity contribution < 1.29 is 8.85 Å². The van der Waals surface area contributed by atoms with Crippen molar-refractivity contribution in [1.29, 1.82) is 0 Å². The number of aromatic nitrogens is 6. The SMILES string of the molecule is c1cnc2c(c1)C1=NC/2=N\c2c3cccnc3c3n2[Si](OCC2CCCCC2)(OCC2CCCCC2)n2/c(c4cccnc4/c2=N/1)=N\C1=NC(=N\3)/c2cccnc21. The van der Waals surface area contributed by atoms with Crippen molar-refractivity contribution in [2.75, 3.05) is 13.2 Å². The molecule has 4 aliphatic heterocycles. The van der Waals surface area contributed by atoms with Crippen LogP contribution in [0.3, 0.4) is 0 Å². The topological polar surface area (TPSA) is 154 Å². The Bertz CT molecular complexity index is 2730. The van der Waals surface area contributed by atoms with Crippen LogP contribution in [0.2, 0.25) is 0 Å². The fourth-order valence-electron chi connectivity index (χ4n) is 9.39. The summed E-state index contributed by atoms with van der Waals surface area (Å²) < 4.78 is 19.7. The highest BCUT2D eigenvalue weighted by molar-refractivity contribution is 6.66. The summed E-state index contributed by atoms with van der Waals surface area (Å²) in [5.41, 5.74) is 5.24. The predicted molar refractivity (Wildman–Crippen MR) is 217 cm³/mol. The average Bonchev–Trinajstić information content (AvgIpc) is 3.98. The van der Waals surface area contributed by atoms with E-state index in [1.54, 1.807) is 24.8 Å². The van der Waals surface area contributed by atoms with Crippen molar-refractivity contribution >= 4 is 65.7 Å². The molecule has 282 valence electrons. The normalized spacial score (nSPS) is 22.5. The first-order valence-electron chi connectivity index (χ1n) is 20.2. The van der Waals surface area contributed by atoms with E-state index in [4.69, 9.17) is 58.7 Å². The van der Waals surface area contributed by atoms with Crippen LogP contribution in [0.1, 0.15) is 86.7 Å². The van der Waals surface area contributed by atoms with Crippen LogP contribution in [0.15, 0.2) is 103 Å². The highest BCUT2D eigenvalue weighted by Crippen LogP contribution is 2.43. The van der Waals surface area contributed by atoms with Gasteiger partial charge in [0.05, 0.1) is 0 Å². The van der Waals surface area contributed by atoms with Crippen LogP contribution >= 0.6 is 0 Å². The van der Waals surface area contributed by atoms with Crippen LogP contribution in [0.4, 0.5) is 11.6 Å². The maximum atomic E-state index is 7.75. The Kier molecular flexibility index (Phi) is 7.63. The average molecular weight is 771 g/mol. The van der Waals surface area contributed by atoms with E-state index in [-0.39, 0.29) is 0 Å². The minimum atomic E-state index is -4.18. The summed E-state index contributed by atoms with van der Waals surface area (Å²) in [5.74, 6) is 3.67. The Hall–Kier alpha value is -5.90. The van der Waals surface area contributed by atoms with Crippen LogP contribution in [-0.4, -0.2) is 73.8 Å². The highest BCUT2D eigenvalue weighted by Gasteiger charge is 2.54. The van der Waals surface area contributed by atoms with E-state index < -0.39 is 8.88 Å². The number of nitrogens with zero attached hydrogens (tertiary/aromatic N) is 12. The zero-order chi connectivity index (χ0) is 37.5. The zero-order valence-corrected chi connectivity index (χ0v) is 32.3. The third-order valence-electron chi connectivity index (χ3n) is 12.2. The number of aliphatic imine (C=N–C) groups is 4. The molecule has 6 bridgehead atoms. The second-order valence-electron chi connectivity index (χ2n) is 15.7. The molecule has 6 aliphatic rings. The zero-order valence-electron chi connectivity index (χ0n) is 31.3. The monoisotopic (exact) mass is 770 g/mol. The van der Waals surface area contributed by atoms with E-state index in [9.17, 15) is 0 Å². The molecular formula is C42H38N12O2Si. The van der Waals surface area contributed by atoms with E-state index in [1.165, 1.54) is 38.5 Å². The van der Waals surface area contributed by atoms with Crippen molar-refractivity contribution in [2.45, 2.75) is 64.2 Å². The van der Waals surface area contributed by atoms with Gasteiger partial charge in [-0.15, -0.1) is 0 Å². The molecule has 15 heteroatoms. The van der Waals surface area contributed by atoms with Gasteiger partial charge in [0, 0.05) is 59.9 Å². The quantitative estimate of drug-likeness (QED) is 0.185. The van der Waals surface area contributed by atoms with Crippen LogP contribution in [-0.2, 0) is 8.85 Å². The van der Waals surface area contributed by atoms with E-state index in [0.29, 0.717) is 93.4 Å². The van der Waals surface area contributed by atoms with Gasteiger partial charge < -0.3 is 8.85 Å². The molecule has 2 fully saturated rings. The molecule has 57 heavy (non-hydrogen) atoms. The lowest BCUT2D eigenvalue weighted by atomic mass is 9.90. The Morgan fingerprint density at radius 1 is 0.491 bits per heavy atom. The van der Waals surface area contributed by atoms with Crippen molar-refractivity contribution in [3.63, 3.8) is 0 Å². The molecular weight excluding hydrogens is 733 g/mol. The molecule has 6 aromatic rings. The molecule has 12 rings (SSSR count). The minimum absolute atomic E-state index is 0.351. The Balaban J connectivity index is 1.29. The number of amidine groups is 4. The fourth-order valence-corrected chi connectivity index (χ4v) is 12.8. The molecule has 0 unspecified atom stereocenters. The minimum Gasteiger partial charge on any atom is -0.361 e. The lowest BCUT2D eigenvalue weighted by Gasteiger charge is -2.36. The summed E-state index contributed by atoms with van der Waals surface area (Å²) in [4.78, 5) is 51.6. The molecule has 0 amide bonds. The molecule has 14 nitrogen and oxygen atoms in total. The van der Waals surface area contributed by atoms with Gasteiger partial charge in [0.25, 0.3) is 0 Å². The number of hydrogen-bond acceptors (Lipinski definition) is 12. The standard InChI is InChI=1S/C42H38N12O2Si/c1-3-11-25(12-4-1)23-55-57(56-24-26-13-5-2-6-14-26)53-40-29-17-9-21-45-33(29)41(53)49-35-27-15-7-19-43-31(27)37(47-35)51-39-30-18-10-22-46-34(30)42(54(39)57)50-36-28-16-8-20-44-32(28)38(48-36)52-40/h7-10,15-22,25-26H,1-6,11-14,23-24H2/b49-35-,49-41?,50-36?,50-42-,51-37?,51-39-,52-38-,52-40?. The summed E-state index contributed by atoms with van der Waals surface area (Å²) in [6.45, 7) is 0.967. The van der Waals surface area contributed by atoms with Gasteiger partial charge in [-0.1, -0.05) is 38.5 Å². The van der Waals surface area contributed by atoms with Gasteiger partial charge in [-0.3, -0.25) is 28.4 Å². The molecule has 0 N–H and O–H groups in total. The van der Waals surface area contributed by atoms with Crippen molar-refractivity contribution in [2.24, 2.45) is 41.8 Å². The van der Waals surface area contributed by atoms with Crippen LogP contribution in [0, 0.1) is 11.8 Å². The Morgan fingerprint density at radius 3 is 1.70 bits per heavy atom. The summed E-state index contributed by atoms with van der Waals surface area (Å²) >= 11 is 0. The second kappa shape index (κ2) is 13.1. The summed E-state index contributed by atoms with van der Waals surface area (Å²) in [6, 6.07) is 15.7. The molecule has 10 heterocycles. The van der Waals surface area contributed by atoms with Crippen molar-refractivity contribution in [3.05, 3.63) is 107 Å². The van der Waals surface area contributed by atoms with Gasteiger partial charge in [0.2, 0.25) is 0 Å². The molecule has 6 aromatic heterocycles. The number of pyridine rings is 4. The second-order valence-corrected chi connectivity index (χ2v) is 18.3. The highest BCUT2D eigenvalue weighted by atomic mass is 28.4. The summed E-state index contributed by atoms with van der Waals surface area (Å²) in [5, 5.41) is 1.57. The number of hydrogen-bond donors (Lipinski definition) is 0. The molecule has 0 atom stereocenters. The maximum Gasteiger partial charge on any atom is 0.603 e. The maximum absolute atomic E-state index is 7.75. The van der Waals surface area contributed by atoms with Crippen LogP contribution < -0.4 is 11.0 Å². The predicted octanol–water partition coefficient (Wildman–Crippen LogP) is 6.15. The third-order valence-corrected chi connectivity index (χ3v) is 15.3. The Labute approximate surface area is 328 Å². The van der Waals surface area contributed by atoms with Gasteiger partial charge in [-0.2, -0.15) is 0 Å². The third kappa shape index (κ3) is 5.14. The van der Waals surface area contributed by atoms with E-state index in [0.717, 1.165) is 47.6 Å². The van der Waals surface area contributed by atoms with Crippen LogP contribution in [0.5, 0.6) is 0 Å². The number of rotatable bonds is 6. The Morgan fingerprint density at radius 2 is 1.02 bits per heavy atom. The lowest BCUT2D eigenvalue weighted by molar-refractivity contribution is 0.0935. The largest absolute Gasteiger partial charge is 0.603 e. The summed E-state index contributed by atoms with van der Waals surface area (Å²) in [7, 11) is -4.18. The molecule has 0 aromatic carbocycles. The first-order valence-corrected chi connectivity index (χ1v) is 21.9. The van der Waals surface area contributed by atoms with Crippen molar-refractivity contribution in [3.8, 4) is 0 Å². The van der Waals surface area contributed by atoms with Crippen molar-refractivity contribution in [1.82, 2.24) is 28.4 Å². The molecule has 2 aliphatic carbocycles. The lowest BCUT2D eigenvalue weighted by Crippen LogP contribution is -2.64. The van der Waals surface area contributed by atoms with E-state index in [1.807, 2.05) is 48.5 Å². The van der Waals surface area contributed by atoms with Gasteiger partial charge in [-0.05, 0) is 86.1 Å². The van der Waals surface area contributed by atoms with Gasteiger partial charge >= 0.3 is 8.88 Å². The fraction of sp³-hybridized carbons (Fsp3) is 0.333. The molecule has 0 spiro atoms. The first-order chi connectivity index (χ1) is 28.2. The first kappa shape index (κ1) is 33.3. The van der Waals surface area contributed by atoms with E-state index >= 15 is 0 Å². The van der Waals surface area contributed by atoms with Gasteiger partial charge in [-0.25, -0.2) is 30.0 Å². The number of fused-ring (bicyclic) bond motifs is 14. The van der Waals surface area contributed by atoms with E-state index in [2.05, 4.69) is 8.47 Å². The van der Waals surface area contributed by atoms with Gasteiger partial charge in [0.15, 0.2) is 34.6 Å².